The van der Waals surface area contributed by atoms with Crippen LogP contribution in [0.2, 0.25) is 0 Å². The fraction of sp³-hybridized carbons (Fsp3) is 0.320. The van der Waals surface area contributed by atoms with Crippen LogP contribution in [0.3, 0.4) is 0 Å². The molecular formula is C25H30N8O6. The molecule has 0 bridgehead atoms. The molecule has 0 aliphatic rings. The number of allylic oxidation sites excluding steroid dienone is 1. The third-order valence-electron chi connectivity index (χ3n) is 5.33. The van der Waals surface area contributed by atoms with Crippen molar-refractivity contribution in [2.45, 2.75) is 45.4 Å². The number of carboxylic acid groups (broad SMARTS) is 1. The van der Waals surface area contributed by atoms with Crippen LogP contribution in [0.25, 0.3) is 11.2 Å². The Labute approximate surface area is 223 Å². The molecule has 2 heterocycles. The maximum absolute atomic E-state index is 12.5. The molecule has 206 valence electrons. The van der Waals surface area contributed by atoms with E-state index in [-0.39, 0.29) is 53.2 Å². The van der Waals surface area contributed by atoms with Crippen molar-refractivity contribution in [2.24, 2.45) is 0 Å². The molecule has 0 saturated carbocycles. The number of anilines is 3. The first kappa shape index (κ1) is 28.6. The molecule has 14 nitrogen and oxygen atoms in total. The summed E-state index contributed by atoms with van der Waals surface area (Å²) in [7, 11) is 1.81. The van der Waals surface area contributed by atoms with Crippen LogP contribution in [-0.2, 0) is 16.1 Å². The standard InChI is InChI=1S/C25H30N8O6/c1-13(2)39-25(38)32-21-19-20(30-24(26)31-21)27-11-16(28-19)12-33(4)17-8-6-15(7-9-17)22(35)29-18(23(36)37)10-5-14(3)34/h6-9,11,13,18,34H,3,5,10,12H2,1-2,4H3,(H,29,35)(H,36,37)(H3,26,27,30,31,32,38)/t18-/m0/s1. The molecule has 0 fully saturated rings. The number of fused-ring (bicyclic) bond motifs is 1. The third-order valence-corrected chi connectivity index (χ3v) is 5.33. The fourth-order valence-corrected chi connectivity index (χ4v) is 3.48. The highest BCUT2D eigenvalue weighted by atomic mass is 16.6. The van der Waals surface area contributed by atoms with E-state index < -0.39 is 24.0 Å². The third kappa shape index (κ3) is 7.99. The highest BCUT2D eigenvalue weighted by molar-refractivity contribution is 5.97. The van der Waals surface area contributed by atoms with Gasteiger partial charge in [-0.05, 0) is 44.5 Å². The molecule has 0 aliphatic heterocycles. The van der Waals surface area contributed by atoms with Gasteiger partial charge in [0.2, 0.25) is 5.95 Å². The lowest BCUT2D eigenvalue weighted by atomic mass is 10.1. The van der Waals surface area contributed by atoms with E-state index in [1.807, 2.05) is 11.9 Å². The summed E-state index contributed by atoms with van der Waals surface area (Å²) < 4.78 is 5.10. The van der Waals surface area contributed by atoms with Crippen LogP contribution in [0.15, 0.2) is 42.8 Å². The van der Waals surface area contributed by atoms with Crippen LogP contribution in [0.1, 0.15) is 42.7 Å². The number of nitrogens with two attached hydrogens (primary N) is 1. The summed E-state index contributed by atoms with van der Waals surface area (Å²) in [5.74, 6) is -1.94. The fourth-order valence-electron chi connectivity index (χ4n) is 3.48. The SMILES string of the molecule is C=C(O)CC[C@H](NC(=O)c1ccc(N(C)Cc2cnc3nc(N)nc(NC(=O)OC(C)C)c3n2)cc1)C(=O)O. The second kappa shape index (κ2) is 12.5. The van der Waals surface area contributed by atoms with Gasteiger partial charge in [0.25, 0.3) is 5.91 Å². The summed E-state index contributed by atoms with van der Waals surface area (Å²) >= 11 is 0. The van der Waals surface area contributed by atoms with Crippen molar-refractivity contribution < 1.29 is 29.3 Å². The van der Waals surface area contributed by atoms with Gasteiger partial charge in [0.05, 0.1) is 30.3 Å². The summed E-state index contributed by atoms with van der Waals surface area (Å²) in [6.07, 6.45) is 0.534. The number of carbonyl (C=O) groups excluding carboxylic acids is 2. The highest BCUT2D eigenvalue weighted by Crippen LogP contribution is 2.21. The van der Waals surface area contributed by atoms with Gasteiger partial charge >= 0.3 is 12.1 Å². The van der Waals surface area contributed by atoms with E-state index in [1.165, 1.54) is 6.20 Å². The number of aliphatic hydroxyl groups is 1. The zero-order chi connectivity index (χ0) is 28.7. The molecule has 6 N–H and O–H groups in total. The van der Waals surface area contributed by atoms with Crippen LogP contribution in [0, 0.1) is 0 Å². The predicted octanol–water partition coefficient (Wildman–Crippen LogP) is 2.63. The van der Waals surface area contributed by atoms with E-state index in [9.17, 15) is 24.6 Å². The molecule has 3 aromatic rings. The number of carbonyl (C=O) groups is 3. The number of nitrogens with zero attached hydrogens (tertiary/aromatic N) is 5. The quantitative estimate of drug-likeness (QED) is 0.223. The first-order valence-electron chi connectivity index (χ1n) is 11.9. The van der Waals surface area contributed by atoms with Gasteiger partial charge in [0, 0.05) is 24.7 Å². The summed E-state index contributed by atoms with van der Waals surface area (Å²) in [6.45, 7) is 7.05. The van der Waals surface area contributed by atoms with Gasteiger partial charge < -0.3 is 30.9 Å². The summed E-state index contributed by atoms with van der Waals surface area (Å²) in [6, 6.07) is 5.37. The Balaban J connectivity index is 1.72. The van der Waals surface area contributed by atoms with Crippen molar-refractivity contribution in [1.29, 1.82) is 0 Å². The molecule has 0 radical (unpaired) electrons. The van der Waals surface area contributed by atoms with E-state index in [2.05, 4.69) is 37.1 Å². The number of hydrogen-bond acceptors (Lipinski definition) is 11. The van der Waals surface area contributed by atoms with Crippen LogP contribution >= 0.6 is 0 Å². The van der Waals surface area contributed by atoms with E-state index in [0.717, 1.165) is 5.69 Å². The Morgan fingerprint density at radius 1 is 1.13 bits per heavy atom. The normalized spacial score (nSPS) is 11.6. The van der Waals surface area contributed by atoms with Crippen molar-refractivity contribution in [2.75, 3.05) is 23.0 Å². The Morgan fingerprint density at radius 2 is 1.82 bits per heavy atom. The number of aliphatic carboxylic acids is 1. The first-order chi connectivity index (χ1) is 18.4. The number of aliphatic hydroxyl groups excluding tert-OH is 1. The molecule has 1 aromatic carbocycles. The van der Waals surface area contributed by atoms with Crippen LogP contribution in [0.5, 0.6) is 0 Å². The van der Waals surface area contributed by atoms with Gasteiger partial charge in [-0.3, -0.25) is 10.1 Å². The average molecular weight is 539 g/mol. The Morgan fingerprint density at radius 3 is 2.44 bits per heavy atom. The zero-order valence-corrected chi connectivity index (χ0v) is 21.7. The lowest BCUT2D eigenvalue weighted by molar-refractivity contribution is -0.139. The Kier molecular flexibility index (Phi) is 9.15. The molecule has 2 amide bonds. The molecule has 0 spiro atoms. The number of carboxylic acids is 1. The van der Waals surface area contributed by atoms with Gasteiger partial charge in [0.15, 0.2) is 17.0 Å². The minimum Gasteiger partial charge on any atom is -0.513 e. The maximum atomic E-state index is 12.5. The van der Waals surface area contributed by atoms with Crippen LogP contribution in [-0.4, -0.2) is 67.3 Å². The van der Waals surface area contributed by atoms with Gasteiger partial charge in [-0.2, -0.15) is 9.97 Å². The molecule has 14 heteroatoms. The van der Waals surface area contributed by atoms with Gasteiger partial charge in [0.1, 0.15) is 6.04 Å². The highest BCUT2D eigenvalue weighted by Gasteiger charge is 2.21. The number of nitrogen functional groups attached to an aromatic ring is 1. The Bertz CT molecular complexity index is 1380. The second-order valence-corrected chi connectivity index (χ2v) is 8.92. The van der Waals surface area contributed by atoms with Gasteiger partial charge in [-0.15, -0.1) is 0 Å². The van der Waals surface area contributed by atoms with E-state index in [0.29, 0.717) is 12.2 Å². The maximum Gasteiger partial charge on any atom is 0.413 e. The van der Waals surface area contributed by atoms with Crippen molar-refractivity contribution in [3.05, 3.63) is 54.1 Å². The number of amides is 2. The van der Waals surface area contributed by atoms with Crippen LogP contribution < -0.4 is 21.3 Å². The van der Waals surface area contributed by atoms with Gasteiger partial charge in [-0.1, -0.05) is 6.58 Å². The molecule has 39 heavy (non-hydrogen) atoms. The van der Waals surface area contributed by atoms with Crippen molar-refractivity contribution >= 4 is 46.6 Å². The number of benzene rings is 1. The number of rotatable bonds is 11. The molecule has 3 rings (SSSR count). The van der Waals surface area contributed by atoms with Gasteiger partial charge in [-0.25, -0.2) is 19.6 Å². The minimum atomic E-state index is -1.21. The molecule has 2 aromatic heterocycles. The average Bonchev–Trinajstić information content (AvgIpc) is 2.85. The van der Waals surface area contributed by atoms with Crippen LogP contribution in [0.4, 0.5) is 22.2 Å². The number of nitrogens with one attached hydrogen (secondary N) is 2. The second-order valence-electron chi connectivity index (χ2n) is 8.92. The number of aromatic nitrogens is 4. The summed E-state index contributed by atoms with van der Waals surface area (Å²) in [5.41, 5.74) is 7.72. The van der Waals surface area contributed by atoms with E-state index >= 15 is 0 Å². The summed E-state index contributed by atoms with van der Waals surface area (Å²) in [4.78, 5) is 54.8. The topological polar surface area (TPSA) is 206 Å². The van der Waals surface area contributed by atoms with Crippen molar-refractivity contribution in [3.63, 3.8) is 0 Å². The molecular weight excluding hydrogens is 508 g/mol. The number of hydrogen-bond donors (Lipinski definition) is 5. The largest absolute Gasteiger partial charge is 0.513 e. The van der Waals surface area contributed by atoms with E-state index in [1.54, 1.807) is 38.1 Å². The smallest absolute Gasteiger partial charge is 0.413 e. The molecule has 0 unspecified atom stereocenters. The molecule has 0 saturated heterocycles. The lowest BCUT2D eigenvalue weighted by Crippen LogP contribution is -2.40. The van der Waals surface area contributed by atoms with Crippen molar-refractivity contribution in [1.82, 2.24) is 25.3 Å². The van der Waals surface area contributed by atoms with E-state index in [4.69, 9.17) is 10.5 Å². The predicted molar refractivity (Wildman–Crippen MR) is 143 cm³/mol. The Hall–Kier alpha value is -5.01. The minimum absolute atomic E-state index is 0.0117. The molecule has 1 atom stereocenters. The first-order valence-corrected chi connectivity index (χ1v) is 11.9. The molecule has 0 aliphatic carbocycles. The number of ether oxygens (including phenoxy) is 1. The van der Waals surface area contributed by atoms with Crippen molar-refractivity contribution in [3.8, 4) is 0 Å². The lowest BCUT2D eigenvalue weighted by Gasteiger charge is -2.20. The zero-order valence-electron chi connectivity index (χ0n) is 21.7. The monoisotopic (exact) mass is 538 g/mol. The summed E-state index contributed by atoms with van der Waals surface area (Å²) in [5, 5.41) is 23.5.